The van der Waals surface area contributed by atoms with Gasteiger partial charge in [0, 0.05) is 28.2 Å². The summed E-state index contributed by atoms with van der Waals surface area (Å²) in [6.45, 7) is 0. The van der Waals surface area contributed by atoms with Gasteiger partial charge in [-0.15, -0.1) is 0 Å². The van der Waals surface area contributed by atoms with Gasteiger partial charge in [-0.1, -0.05) is 109 Å². The Morgan fingerprint density at radius 3 is 1.34 bits per heavy atom. The summed E-state index contributed by atoms with van der Waals surface area (Å²) >= 11 is 0. The number of anilines is 3. The van der Waals surface area contributed by atoms with Gasteiger partial charge in [0.25, 0.3) is 0 Å². The first-order valence-electron chi connectivity index (χ1n) is 13.8. The van der Waals surface area contributed by atoms with E-state index in [1.807, 2.05) is 42.5 Å². The van der Waals surface area contributed by atoms with E-state index in [4.69, 9.17) is 9.97 Å². The minimum atomic E-state index is 0.867. The molecule has 3 nitrogen and oxygen atoms in total. The molecule has 7 aromatic rings. The van der Waals surface area contributed by atoms with E-state index in [1.54, 1.807) is 0 Å². The van der Waals surface area contributed by atoms with E-state index >= 15 is 0 Å². The first kappa shape index (κ1) is 24.5. The third kappa shape index (κ3) is 4.97. The highest BCUT2D eigenvalue weighted by atomic mass is 15.1. The zero-order valence-electron chi connectivity index (χ0n) is 22.4. The maximum Gasteiger partial charge on any atom is 0.0973 e. The molecule has 0 N–H and O–H groups in total. The number of fused-ring (bicyclic) bond motifs is 1. The summed E-state index contributed by atoms with van der Waals surface area (Å²) in [4.78, 5) is 12.5. The molecule has 6 aromatic carbocycles. The third-order valence-corrected chi connectivity index (χ3v) is 7.24. The number of nitrogens with zero attached hydrogens (tertiary/aromatic N) is 3. The molecular formula is C38H27N3. The van der Waals surface area contributed by atoms with Gasteiger partial charge in [0.05, 0.1) is 22.4 Å². The van der Waals surface area contributed by atoms with Gasteiger partial charge in [-0.2, -0.15) is 0 Å². The molecule has 0 aliphatic carbocycles. The highest BCUT2D eigenvalue weighted by Crippen LogP contribution is 2.37. The Balaban J connectivity index is 1.35. The van der Waals surface area contributed by atoms with E-state index in [9.17, 15) is 0 Å². The highest BCUT2D eigenvalue weighted by Gasteiger charge is 2.16. The highest BCUT2D eigenvalue weighted by molar-refractivity contribution is 5.88. The smallest absolute Gasteiger partial charge is 0.0973 e. The number of para-hydroxylation sites is 4. The van der Waals surface area contributed by atoms with Gasteiger partial charge in [0.1, 0.15) is 0 Å². The van der Waals surface area contributed by atoms with Crippen molar-refractivity contribution in [3.8, 4) is 33.6 Å². The van der Waals surface area contributed by atoms with Gasteiger partial charge in [-0.25, -0.2) is 9.97 Å². The summed E-state index contributed by atoms with van der Waals surface area (Å²) < 4.78 is 0. The molecule has 1 heterocycles. The van der Waals surface area contributed by atoms with Crippen molar-refractivity contribution in [3.63, 3.8) is 0 Å². The van der Waals surface area contributed by atoms with Crippen LogP contribution in [0, 0.1) is 0 Å². The molecule has 0 saturated heterocycles. The van der Waals surface area contributed by atoms with Gasteiger partial charge < -0.3 is 4.90 Å². The Kier molecular flexibility index (Phi) is 6.52. The van der Waals surface area contributed by atoms with Crippen LogP contribution in [0.5, 0.6) is 0 Å². The van der Waals surface area contributed by atoms with Crippen molar-refractivity contribution in [1.29, 1.82) is 0 Å². The van der Waals surface area contributed by atoms with Gasteiger partial charge in [-0.05, 0) is 65.7 Å². The molecule has 1 aromatic heterocycles. The molecule has 41 heavy (non-hydrogen) atoms. The topological polar surface area (TPSA) is 29.0 Å². The van der Waals surface area contributed by atoms with Crippen LogP contribution in [-0.4, -0.2) is 9.97 Å². The van der Waals surface area contributed by atoms with E-state index < -0.39 is 0 Å². The Hall–Kier alpha value is -5.54. The van der Waals surface area contributed by atoms with E-state index in [0.717, 1.165) is 56.2 Å². The fourth-order valence-corrected chi connectivity index (χ4v) is 5.25. The van der Waals surface area contributed by atoms with Gasteiger partial charge in [0.15, 0.2) is 0 Å². The van der Waals surface area contributed by atoms with Gasteiger partial charge in [-0.3, -0.25) is 0 Å². The second-order valence-corrected chi connectivity index (χ2v) is 9.91. The number of aromatic nitrogens is 2. The number of hydrogen-bond donors (Lipinski definition) is 0. The maximum absolute atomic E-state index is 5.14. The lowest BCUT2D eigenvalue weighted by atomic mass is 9.98. The summed E-state index contributed by atoms with van der Waals surface area (Å²) in [5, 5.41) is 0. The van der Waals surface area contributed by atoms with Crippen LogP contribution in [0.2, 0.25) is 0 Å². The Bertz CT molecular complexity index is 1880. The van der Waals surface area contributed by atoms with E-state index in [2.05, 4.69) is 126 Å². The summed E-state index contributed by atoms with van der Waals surface area (Å²) in [7, 11) is 0. The zero-order valence-corrected chi connectivity index (χ0v) is 22.4. The Morgan fingerprint density at radius 2 is 0.756 bits per heavy atom. The van der Waals surface area contributed by atoms with E-state index in [0.29, 0.717) is 0 Å². The largest absolute Gasteiger partial charge is 0.311 e. The van der Waals surface area contributed by atoms with Crippen LogP contribution in [0.4, 0.5) is 17.1 Å². The Labute approximate surface area is 240 Å². The molecule has 0 radical (unpaired) electrons. The molecule has 0 aliphatic rings. The predicted octanol–water partition coefficient (Wildman–Crippen LogP) is 10.1. The molecule has 0 atom stereocenters. The van der Waals surface area contributed by atoms with E-state index in [-0.39, 0.29) is 0 Å². The SMILES string of the molecule is c1ccc(-c2cccc(-c3nc4ccccc4nc3-c3ccc(N(c4ccccc4)c4ccccc4)cc3)c2)cc1. The molecule has 0 amide bonds. The van der Waals surface area contributed by atoms with Crippen molar-refractivity contribution in [1.82, 2.24) is 9.97 Å². The van der Waals surface area contributed by atoms with Crippen LogP contribution < -0.4 is 4.90 Å². The molecule has 194 valence electrons. The average Bonchev–Trinajstić information content (AvgIpc) is 3.06. The normalized spacial score (nSPS) is 10.9. The zero-order chi connectivity index (χ0) is 27.4. The summed E-state index contributed by atoms with van der Waals surface area (Å²) in [5.41, 5.74) is 11.2. The standard InChI is InChI=1S/C38H27N3/c1-4-13-28(14-5-1)30-15-12-16-31(27-30)38-37(39-35-21-10-11-22-36(35)40-38)29-23-25-34(26-24-29)41(32-17-6-2-7-18-32)33-19-8-3-9-20-33/h1-27H. The molecule has 0 fully saturated rings. The van der Waals surface area contributed by atoms with Crippen LogP contribution in [-0.2, 0) is 0 Å². The van der Waals surface area contributed by atoms with Crippen LogP contribution >= 0.6 is 0 Å². The molecule has 0 saturated carbocycles. The average molecular weight is 526 g/mol. The number of benzene rings is 6. The molecule has 0 spiro atoms. The monoisotopic (exact) mass is 525 g/mol. The summed E-state index contributed by atoms with van der Waals surface area (Å²) in [5.74, 6) is 0. The fraction of sp³-hybridized carbons (Fsp3) is 0. The fourth-order valence-electron chi connectivity index (χ4n) is 5.25. The molecule has 0 bridgehead atoms. The Morgan fingerprint density at radius 1 is 0.317 bits per heavy atom. The van der Waals surface area contributed by atoms with Crippen molar-refractivity contribution >= 4 is 28.1 Å². The van der Waals surface area contributed by atoms with Crippen molar-refractivity contribution in [2.24, 2.45) is 0 Å². The molecule has 7 rings (SSSR count). The lowest BCUT2D eigenvalue weighted by Crippen LogP contribution is -2.09. The van der Waals surface area contributed by atoms with Crippen LogP contribution in [0.25, 0.3) is 44.7 Å². The summed E-state index contributed by atoms with van der Waals surface area (Å²) in [6.07, 6.45) is 0. The van der Waals surface area contributed by atoms with Gasteiger partial charge in [0.2, 0.25) is 0 Å². The molecule has 3 heteroatoms. The number of hydrogen-bond acceptors (Lipinski definition) is 3. The lowest BCUT2D eigenvalue weighted by Gasteiger charge is -2.25. The van der Waals surface area contributed by atoms with E-state index in [1.165, 1.54) is 5.56 Å². The minimum absolute atomic E-state index is 0.867. The summed E-state index contributed by atoms with van der Waals surface area (Å²) in [6, 6.07) is 56.6. The molecule has 0 aliphatic heterocycles. The van der Waals surface area contributed by atoms with Crippen molar-refractivity contribution in [3.05, 3.63) is 164 Å². The number of rotatable bonds is 6. The van der Waals surface area contributed by atoms with Crippen LogP contribution in [0.15, 0.2) is 164 Å². The lowest BCUT2D eigenvalue weighted by molar-refractivity contribution is 1.27. The van der Waals surface area contributed by atoms with Crippen molar-refractivity contribution in [2.45, 2.75) is 0 Å². The first-order chi connectivity index (χ1) is 20.3. The van der Waals surface area contributed by atoms with Crippen LogP contribution in [0.1, 0.15) is 0 Å². The first-order valence-corrected chi connectivity index (χ1v) is 13.8. The quantitative estimate of drug-likeness (QED) is 0.216. The van der Waals surface area contributed by atoms with Crippen molar-refractivity contribution in [2.75, 3.05) is 4.90 Å². The van der Waals surface area contributed by atoms with Crippen LogP contribution in [0.3, 0.4) is 0 Å². The molecular weight excluding hydrogens is 498 g/mol. The van der Waals surface area contributed by atoms with Crippen molar-refractivity contribution < 1.29 is 0 Å². The third-order valence-electron chi connectivity index (χ3n) is 7.24. The predicted molar refractivity (Wildman–Crippen MR) is 171 cm³/mol. The maximum atomic E-state index is 5.14. The van der Waals surface area contributed by atoms with Gasteiger partial charge >= 0.3 is 0 Å². The minimum Gasteiger partial charge on any atom is -0.311 e. The molecule has 0 unspecified atom stereocenters. The second-order valence-electron chi connectivity index (χ2n) is 9.91. The second kappa shape index (κ2) is 10.9.